The molecule has 0 bridgehead atoms. The summed E-state index contributed by atoms with van der Waals surface area (Å²) in [5, 5.41) is 10.4. The van der Waals surface area contributed by atoms with Crippen LogP contribution < -0.4 is 0 Å². The van der Waals surface area contributed by atoms with Crippen molar-refractivity contribution >= 4 is 16.7 Å². The summed E-state index contributed by atoms with van der Waals surface area (Å²) >= 11 is 0. The summed E-state index contributed by atoms with van der Waals surface area (Å²) in [5.41, 5.74) is -0.0862. The Morgan fingerprint density at radius 3 is 3.00 bits per heavy atom. The van der Waals surface area contributed by atoms with Crippen LogP contribution in [0.2, 0.25) is 0 Å². The highest BCUT2D eigenvalue weighted by molar-refractivity contribution is 5.84. The Kier molecular flexibility index (Phi) is 1.48. The Bertz CT molecular complexity index is 480. The van der Waals surface area contributed by atoms with Crippen molar-refractivity contribution in [1.82, 2.24) is 9.97 Å². The minimum atomic E-state index is -0.871. The highest BCUT2D eigenvalue weighted by Gasteiger charge is 2.19. The van der Waals surface area contributed by atoms with E-state index in [1.165, 1.54) is 12.4 Å². The molecule has 6 heteroatoms. The molecule has 0 amide bonds. The highest BCUT2D eigenvalue weighted by atomic mass is 19.1. The van der Waals surface area contributed by atoms with Crippen LogP contribution in [0.25, 0.3) is 11.0 Å². The second kappa shape index (κ2) is 2.51. The van der Waals surface area contributed by atoms with Crippen LogP contribution in [0.15, 0.2) is 18.5 Å². The van der Waals surface area contributed by atoms with Crippen LogP contribution in [0.4, 0.5) is 10.1 Å². The van der Waals surface area contributed by atoms with E-state index in [0.29, 0.717) is 5.52 Å². The van der Waals surface area contributed by atoms with E-state index in [9.17, 15) is 14.5 Å². The molecular weight excluding hydrogens is 177 g/mol. The van der Waals surface area contributed by atoms with E-state index in [-0.39, 0.29) is 5.52 Å². The summed E-state index contributed by atoms with van der Waals surface area (Å²) in [5.74, 6) is -0.871. The lowest BCUT2D eigenvalue weighted by Gasteiger charge is -1.93. The standard InChI is InChI=1S/C7H4FN3O2/c8-4-1-2-5-6(10-3-9-5)7(4)11(12)13/h1-3H,(H,9,10). The van der Waals surface area contributed by atoms with Crippen molar-refractivity contribution in [2.75, 3.05) is 0 Å². The van der Waals surface area contributed by atoms with Gasteiger partial charge in [0.1, 0.15) is 0 Å². The maximum Gasteiger partial charge on any atom is 0.332 e. The first kappa shape index (κ1) is 7.66. The van der Waals surface area contributed by atoms with E-state index in [0.717, 1.165) is 6.07 Å². The van der Waals surface area contributed by atoms with Crippen molar-refractivity contribution in [3.63, 3.8) is 0 Å². The average molecular weight is 181 g/mol. The summed E-state index contributed by atoms with van der Waals surface area (Å²) in [6.07, 6.45) is 1.29. The molecule has 0 radical (unpaired) electrons. The van der Waals surface area contributed by atoms with Gasteiger partial charge in [-0.25, -0.2) is 4.98 Å². The van der Waals surface area contributed by atoms with Gasteiger partial charge in [-0.1, -0.05) is 0 Å². The maximum atomic E-state index is 13.0. The van der Waals surface area contributed by atoms with Crippen LogP contribution in [0.1, 0.15) is 0 Å². The number of hydrogen-bond acceptors (Lipinski definition) is 3. The molecule has 0 fully saturated rings. The predicted octanol–water partition coefficient (Wildman–Crippen LogP) is 1.61. The number of halogens is 1. The topological polar surface area (TPSA) is 71.8 Å². The second-order valence-corrected chi connectivity index (χ2v) is 2.45. The van der Waals surface area contributed by atoms with E-state index in [1.807, 2.05) is 0 Å². The number of benzene rings is 1. The van der Waals surface area contributed by atoms with Crippen molar-refractivity contribution in [2.45, 2.75) is 0 Å². The molecule has 1 aromatic heterocycles. The second-order valence-electron chi connectivity index (χ2n) is 2.45. The molecule has 2 aromatic rings. The number of aromatic nitrogens is 2. The summed E-state index contributed by atoms with van der Waals surface area (Å²) in [6, 6.07) is 2.45. The highest BCUT2D eigenvalue weighted by Crippen LogP contribution is 2.25. The number of nitro benzene ring substituents is 1. The van der Waals surface area contributed by atoms with E-state index in [1.54, 1.807) is 0 Å². The lowest BCUT2D eigenvalue weighted by atomic mass is 10.2. The van der Waals surface area contributed by atoms with Crippen molar-refractivity contribution in [1.29, 1.82) is 0 Å². The molecule has 66 valence electrons. The van der Waals surface area contributed by atoms with Crippen molar-refractivity contribution in [3.05, 3.63) is 34.4 Å². The lowest BCUT2D eigenvalue weighted by molar-refractivity contribution is -0.385. The molecule has 0 saturated heterocycles. The first-order valence-corrected chi connectivity index (χ1v) is 3.46. The van der Waals surface area contributed by atoms with Gasteiger partial charge in [-0.05, 0) is 12.1 Å². The minimum Gasteiger partial charge on any atom is -0.344 e. The van der Waals surface area contributed by atoms with Gasteiger partial charge in [0.25, 0.3) is 0 Å². The third-order valence-corrected chi connectivity index (χ3v) is 1.70. The number of nitro groups is 1. The van der Waals surface area contributed by atoms with Gasteiger partial charge >= 0.3 is 5.69 Å². The minimum absolute atomic E-state index is 0.0463. The fourth-order valence-corrected chi connectivity index (χ4v) is 1.14. The Morgan fingerprint density at radius 2 is 2.31 bits per heavy atom. The van der Waals surface area contributed by atoms with Crippen molar-refractivity contribution in [2.24, 2.45) is 0 Å². The van der Waals surface area contributed by atoms with E-state index < -0.39 is 16.4 Å². The van der Waals surface area contributed by atoms with Crippen LogP contribution in [0.3, 0.4) is 0 Å². The number of fused-ring (bicyclic) bond motifs is 1. The molecular formula is C7H4FN3O2. The molecule has 13 heavy (non-hydrogen) atoms. The van der Waals surface area contributed by atoms with Crippen molar-refractivity contribution < 1.29 is 9.31 Å². The smallest absolute Gasteiger partial charge is 0.332 e. The molecule has 0 unspecified atom stereocenters. The fraction of sp³-hybridized carbons (Fsp3) is 0. The quantitative estimate of drug-likeness (QED) is 0.536. The zero-order chi connectivity index (χ0) is 9.42. The molecule has 0 aliphatic heterocycles. The fourth-order valence-electron chi connectivity index (χ4n) is 1.14. The molecule has 2 rings (SSSR count). The van der Waals surface area contributed by atoms with Crippen molar-refractivity contribution in [3.8, 4) is 0 Å². The largest absolute Gasteiger partial charge is 0.344 e. The number of hydrogen-bond donors (Lipinski definition) is 1. The van der Waals surface area contributed by atoms with Gasteiger partial charge in [-0.3, -0.25) is 10.1 Å². The van der Waals surface area contributed by atoms with Gasteiger partial charge in [0.2, 0.25) is 5.82 Å². The molecule has 0 aliphatic rings. The monoisotopic (exact) mass is 181 g/mol. The van der Waals surface area contributed by atoms with E-state index in [2.05, 4.69) is 9.97 Å². The normalized spacial score (nSPS) is 10.5. The number of aromatic amines is 1. The lowest BCUT2D eigenvalue weighted by Crippen LogP contribution is -1.93. The SMILES string of the molecule is O=[N+]([O-])c1c(F)ccc2[nH]cnc12. The van der Waals surface area contributed by atoms with Gasteiger partial charge in [0.05, 0.1) is 16.8 Å². The van der Waals surface area contributed by atoms with Crippen LogP contribution in [-0.4, -0.2) is 14.9 Å². The molecule has 0 aliphatic carbocycles. The van der Waals surface area contributed by atoms with Gasteiger partial charge in [-0.15, -0.1) is 0 Å². The maximum absolute atomic E-state index is 13.0. The number of nitrogens with one attached hydrogen (secondary N) is 1. The number of rotatable bonds is 1. The number of H-pyrrole nitrogens is 1. The predicted molar refractivity (Wildman–Crippen MR) is 42.7 cm³/mol. The Morgan fingerprint density at radius 1 is 1.54 bits per heavy atom. The zero-order valence-corrected chi connectivity index (χ0v) is 6.32. The van der Waals surface area contributed by atoms with Crippen LogP contribution >= 0.6 is 0 Å². The third kappa shape index (κ3) is 1.03. The first-order chi connectivity index (χ1) is 6.20. The average Bonchev–Trinajstić information content (AvgIpc) is 2.50. The van der Waals surface area contributed by atoms with Gasteiger partial charge < -0.3 is 4.98 Å². The molecule has 0 atom stereocenters. The van der Waals surface area contributed by atoms with Crippen LogP contribution in [-0.2, 0) is 0 Å². The molecule has 0 spiro atoms. The zero-order valence-electron chi connectivity index (χ0n) is 6.32. The summed E-state index contributed by atoms with van der Waals surface area (Å²) in [6.45, 7) is 0. The van der Waals surface area contributed by atoms with Gasteiger partial charge in [0.15, 0.2) is 5.52 Å². The Hall–Kier alpha value is -1.98. The Labute approximate surface area is 71.4 Å². The third-order valence-electron chi connectivity index (χ3n) is 1.70. The number of nitrogens with zero attached hydrogens (tertiary/aromatic N) is 2. The van der Waals surface area contributed by atoms with E-state index in [4.69, 9.17) is 0 Å². The molecule has 1 N–H and O–H groups in total. The summed E-state index contributed by atoms with van der Waals surface area (Å²) in [4.78, 5) is 16.0. The van der Waals surface area contributed by atoms with Crippen LogP contribution in [0, 0.1) is 15.9 Å². The first-order valence-electron chi connectivity index (χ1n) is 3.46. The molecule has 1 aromatic carbocycles. The Balaban J connectivity index is 2.88. The van der Waals surface area contributed by atoms with E-state index >= 15 is 0 Å². The molecule has 5 nitrogen and oxygen atoms in total. The van der Waals surface area contributed by atoms with Gasteiger partial charge in [0, 0.05) is 0 Å². The molecule has 0 saturated carbocycles. The molecule has 1 heterocycles. The van der Waals surface area contributed by atoms with Gasteiger partial charge in [-0.2, -0.15) is 4.39 Å². The summed E-state index contributed by atoms with van der Waals surface area (Å²) in [7, 11) is 0. The van der Waals surface area contributed by atoms with Crippen LogP contribution in [0.5, 0.6) is 0 Å². The number of imidazole rings is 1. The summed E-state index contributed by atoms with van der Waals surface area (Å²) < 4.78 is 13.0.